The van der Waals surface area contributed by atoms with Crippen LogP contribution in [0, 0.1) is 11.3 Å². The molecule has 0 fully saturated rings. The number of anilines is 2. The van der Waals surface area contributed by atoms with Crippen LogP contribution in [0.3, 0.4) is 0 Å². The van der Waals surface area contributed by atoms with Gasteiger partial charge in [-0.15, -0.1) is 0 Å². The van der Waals surface area contributed by atoms with Gasteiger partial charge in [0.1, 0.15) is 0 Å². The lowest BCUT2D eigenvalue weighted by molar-refractivity contribution is 0.206. The molecule has 1 unspecified atom stereocenters. The van der Waals surface area contributed by atoms with Crippen molar-refractivity contribution in [2.75, 3.05) is 25.5 Å². The highest BCUT2D eigenvalue weighted by atomic mass is 16.3. The maximum atomic E-state index is 9.96. The molecule has 0 spiro atoms. The van der Waals surface area contributed by atoms with Crippen molar-refractivity contribution in [3.05, 3.63) is 52.8 Å². The first-order valence-corrected chi connectivity index (χ1v) is 10.5. The number of nitriles is 1. The number of nitrogens with one attached hydrogen (secondary N) is 1. The van der Waals surface area contributed by atoms with Gasteiger partial charge in [-0.3, -0.25) is 9.58 Å². The van der Waals surface area contributed by atoms with Gasteiger partial charge in [-0.1, -0.05) is 6.92 Å². The van der Waals surface area contributed by atoms with E-state index in [0.717, 1.165) is 66.4 Å². The molecule has 0 amide bonds. The minimum Gasteiger partial charge on any atom is -0.395 e. The summed E-state index contributed by atoms with van der Waals surface area (Å²) in [7, 11) is 2.10. The molecule has 1 aromatic carbocycles. The molecule has 2 N–H and O–H groups in total. The monoisotopic (exact) mass is 415 g/mol. The Labute approximate surface area is 181 Å². The van der Waals surface area contributed by atoms with Gasteiger partial charge in [-0.25, -0.2) is 9.97 Å². The molecule has 0 radical (unpaired) electrons. The predicted molar refractivity (Wildman–Crippen MR) is 117 cm³/mol. The summed E-state index contributed by atoms with van der Waals surface area (Å²) < 4.78 is 2.02. The van der Waals surface area contributed by atoms with Gasteiger partial charge in [0.05, 0.1) is 36.2 Å². The van der Waals surface area contributed by atoms with Crippen molar-refractivity contribution in [1.29, 1.82) is 5.26 Å². The molecule has 158 valence electrons. The van der Waals surface area contributed by atoms with E-state index in [-0.39, 0.29) is 12.0 Å². The molecule has 8 heteroatoms. The summed E-state index contributed by atoms with van der Waals surface area (Å²) in [5, 5.41) is 27.5. The second-order valence-electron chi connectivity index (χ2n) is 8.75. The number of benzene rings is 1. The molecule has 1 atom stereocenters. The van der Waals surface area contributed by atoms with Crippen LogP contribution in [-0.4, -0.2) is 50.0 Å². The number of aliphatic hydroxyl groups excluding tert-OH is 1. The lowest BCUT2D eigenvalue weighted by atomic mass is 9.83. The molecule has 0 bridgehead atoms. The number of fused-ring (bicyclic) bond motifs is 2. The Kier molecular flexibility index (Phi) is 4.73. The number of nitrogens with zero attached hydrogens (tertiary/aromatic N) is 6. The molecule has 0 saturated heterocycles. The SMILES string of the molecule is CN1CCn2nc(Nc3nccc(-c4cc(C#N)c5c(c4)C(C)(CO)CC5)n3)cc2C1. The molecule has 0 saturated carbocycles. The van der Waals surface area contributed by atoms with E-state index < -0.39 is 0 Å². The van der Waals surface area contributed by atoms with Gasteiger partial charge in [0.15, 0.2) is 5.82 Å². The van der Waals surface area contributed by atoms with Gasteiger partial charge < -0.3 is 10.4 Å². The van der Waals surface area contributed by atoms with Crippen LogP contribution in [0.4, 0.5) is 11.8 Å². The van der Waals surface area contributed by atoms with Crippen molar-refractivity contribution in [2.24, 2.45) is 0 Å². The molecule has 3 aromatic rings. The first-order chi connectivity index (χ1) is 15.0. The minimum absolute atomic E-state index is 0.0606. The van der Waals surface area contributed by atoms with E-state index >= 15 is 0 Å². The van der Waals surface area contributed by atoms with Crippen LogP contribution in [0.2, 0.25) is 0 Å². The molecule has 1 aliphatic carbocycles. The van der Waals surface area contributed by atoms with Crippen molar-refractivity contribution >= 4 is 11.8 Å². The second kappa shape index (κ2) is 7.45. The number of hydrogen-bond donors (Lipinski definition) is 2. The fraction of sp³-hybridized carbons (Fsp3) is 0.391. The minimum atomic E-state index is -0.326. The Balaban J connectivity index is 1.47. The van der Waals surface area contributed by atoms with E-state index in [4.69, 9.17) is 0 Å². The van der Waals surface area contributed by atoms with Crippen LogP contribution < -0.4 is 5.32 Å². The Morgan fingerprint density at radius 2 is 2.16 bits per heavy atom. The molecule has 3 heterocycles. The Morgan fingerprint density at radius 1 is 1.29 bits per heavy atom. The zero-order valence-corrected chi connectivity index (χ0v) is 17.8. The average molecular weight is 416 g/mol. The summed E-state index contributed by atoms with van der Waals surface area (Å²) in [5.74, 6) is 1.19. The third kappa shape index (κ3) is 3.46. The number of aromatic nitrogens is 4. The number of hydrogen-bond acceptors (Lipinski definition) is 7. The molecule has 2 aromatic heterocycles. The normalized spacial score (nSPS) is 20.2. The zero-order chi connectivity index (χ0) is 21.6. The van der Waals surface area contributed by atoms with Crippen molar-refractivity contribution in [1.82, 2.24) is 24.6 Å². The predicted octanol–water partition coefficient (Wildman–Crippen LogP) is 2.60. The summed E-state index contributed by atoms with van der Waals surface area (Å²) in [6.07, 6.45) is 3.36. The molecular weight excluding hydrogens is 390 g/mol. The van der Waals surface area contributed by atoms with Gasteiger partial charge in [-0.05, 0) is 49.2 Å². The zero-order valence-electron chi connectivity index (χ0n) is 17.8. The highest BCUT2D eigenvalue weighted by Gasteiger charge is 2.35. The van der Waals surface area contributed by atoms with Crippen LogP contribution in [0.25, 0.3) is 11.3 Å². The second-order valence-corrected chi connectivity index (χ2v) is 8.75. The standard InChI is InChI=1S/C23H25N7O/c1-23(14-31)5-3-18-16(12-24)9-15(10-19(18)23)20-4-6-25-22(26-20)27-21-11-17-13-29(2)7-8-30(17)28-21/h4,6,9-11,31H,3,5,7-8,13-14H2,1-2H3,(H,25,26,27,28). The first-order valence-electron chi connectivity index (χ1n) is 10.5. The molecule has 31 heavy (non-hydrogen) atoms. The molecule has 5 rings (SSSR count). The largest absolute Gasteiger partial charge is 0.395 e. The van der Waals surface area contributed by atoms with E-state index in [2.05, 4.69) is 51.4 Å². The van der Waals surface area contributed by atoms with Crippen LogP contribution in [0.5, 0.6) is 0 Å². The first kappa shape index (κ1) is 19.7. The maximum Gasteiger partial charge on any atom is 0.228 e. The highest BCUT2D eigenvalue weighted by molar-refractivity contribution is 5.67. The maximum absolute atomic E-state index is 9.96. The highest BCUT2D eigenvalue weighted by Crippen LogP contribution is 2.42. The van der Waals surface area contributed by atoms with Gasteiger partial charge in [0.2, 0.25) is 5.95 Å². The van der Waals surface area contributed by atoms with E-state index in [1.807, 2.05) is 22.9 Å². The number of aliphatic hydroxyl groups is 1. The molecule has 1 aliphatic heterocycles. The van der Waals surface area contributed by atoms with Crippen molar-refractivity contribution in [3.8, 4) is 17.3 Å². The lowest BCUT2D eigenvalue weighted by Crippen LogP contribution is -2.30. The van der Waals surface area contributed by atoms with Gasteiger partial charge in [0, 0.05) is 36.3 Å². The van der Waals surface area contributed by atoms with E-state index in [1.54, 1.807) is 6.20 Å². The Bertz CT molecular complexity index is 1200. The quantitative estimate of drug-likeness (QED) is 0.675. The van der Waals surface area contributed by atoms with Crippen LogP contribution >= 0.6 is 0 Å². The fourth-order valence-electron chi connectivity index (χ4n) is 4.58. The Hall–Kier alpha value is -3.28. The summed E-state index contributed by atoms with van der Waals surface area (Å²) in [5.41, 5.74) is 5.16. The molecule has 2 aliphatic rings. The van der Waals surface area contributed by atoms with Gasteiger partial charge in [-0.2, -0.15) is 10.4 Å². The Morgan fingerprint density at radius 3 is 2.97 bits per heavy atom. The van der Waals surface area contributed by atoms with E-state index in [9.17, 15) is 10.4 Å². The van der Waals surface area contributed by atoms with Crippen LogP contribution in [-0.2, 0) is 24.9 Å². The van der Waals surface area contributed by atoms with Crippen molar-refractivity contribution in [3.63, 3.8) is 0 Å². The number of likely N-dealkylation sites (N-methyl/N-ethyl adjacent to an activating group) is 1. The topological polar surface area (TPSA) is 103 Å². The summed E-state index contributed by atoms with van der Waals surface area (Å²) in [6.45, 7) is 4.82. The third-order valence-electron chi connectivity index (χ3n) is 6.48. The van der Waals surface area contributed by atoms with Gasteiger partial charge in [0.25, 0.3) is 0 Å². The number of rotatable bonds is 4. The molecular formula is C23H25N7O. The lowest BCUT2D eigenvalue weighted by Gasteiger charge is -2.23. The van der Waals surface area contributed by atoms with Crippen LogP contribution in [0.1, 0.15) is 35.7 Å². The average Bonchev–Trinajstić information content (AvgIpc) is 3.33. The van der Waals surface area contributed by atoms with Crippen molar-refractivity contribution in [2.45, 2.75) is 38.3 Å². The fourth-order valence-corrected chi connectivity index (χ4v) is 4.58. The summed E-state index contributed by atoms with van der Waals surface area (Å²) in [6, 6.07) is 10.2. The summed E-state index contributed by atoms with van der Waals surface area (Å²) >= 11 is 0. The van der Waals surface area contributed by atoms with Crippen LogP contribution in [0.15, 0.2) is 30.5 Å². The molecule has 8 nitrogen and oxygen atoms in total. The summed E-state index contributed by atoms with van der Waals surface area (Å²) in [4.78, 5) is 11.3. The van der Waals surface area contributed by atoms with E-state index in [1.165, 1.54) is 0 Å². The third-order valence-corrected chi connectivity index (χ3v) is 6.48. The van der Waals surface area contributed by atoms with Gasteiger partial charge >= 0.3 is 0 Å². The smallest absolute Gasteiger partial charge is 0.228 e. The van der Waals surface area contributed by atoms with E-state index in [0.29, 0.717) is 11.5 Å². The van der Waals surface area contributed by atoms with Crippen molar-refractivity contribution < 1.29 is 5.11 Å².